The first kappa shape index (κ1) is 42.2. The Kier molecular flexibility index (Phi) is 10.4. The van der Waals surface area contributed by atoms with Gasteiger partial charge >= 0.3 is 0 Å². The third-order valence-corrected chi connectivity index (χ3v) is 14.2. The largest absolute Gasteiger partial charge is 0.371 e. The minimum Gasteiger partial charge on any atom is -0.371 e. The zero-order chi connectivity index (χ0) is 46.2. The van der Waals surface area contributed by atoms with Gasteiger partial charge in [-0.3, -0.25) is 43.9 Å². The number of piperidine rings is 2. The van der Waals surface area contributed by atoms with Crippen molar-refractivity contribution >= 4 is 69.0 Å². The number of pyridine rings is 1. The molecule has 1 unspecified atom stereocenters. The highest BCUT2D eigenvalue weighted by Gasteiger charge is 2.45. The van der Waals surface area contributed by atoms with E-state index in [2.05, 4.69) is 36.2 Å². The second-order valence-corrected chi connectivity index (χ2v) is 18.2. The van der Waals surface area contributed by atoms with Gasteiger partial charge in [0.2, 0.25) is 17.7 Å². The third-order valence-electron chi connectivity index (χ3n) is 14.2. The Labute approximate surface area is 384 Å². The average molecular weight is 907 g/mol. The summed E-state index contributed by atoms with van der Waals surface area (Å²) in [6.07, 6.45) is 6.58. The number of carbonyl (C=O) groups is 5. The molecule has 2 N–H and O–H groups in total. The fourth-order valence-corrected chi connectivity index (χ4v) is 10.8. The molecule has 15 nitrogen and oxygen atoms in total. The highest BCUT2D eigenvalue weighted by molar-refractivity contribution is 6.23. The van der Waals surface area contributed by atoms with Crippen LogP contribution in [0.5, 0.6) is 0 Å². The molecule has 11 rings (SSSR count). The van der Waals surface area contributed by atoms with Gasteiger partial charge < -0.3 is 24.6 Å². The summed E-state index contributed by atoms with van der Waals surface area (Å²) in [4.78, 5) is 75.3. The summed E-state index contributed by atoms with van der Waals surface area (Å²) in [5.41, 5.74) is 8.71. The van der Waals surface area contributed by atoms with Crippen molar-refractivity contribution in [3.63, 3.8) is 0 Å². The number of nitrogens with one attached hydrogen (secondary N) is 2. The van der Waals surface area contributed by atoms with E-state index in [9.17, 15) is 24.0 Å². The molecule has 1 atom stereocenters. The van der Waals surface area contributed by atoms with Crippen molar-refractivity contribution < 1.29 is 32.8 Å². The molecular weight excluding hydrogens is 859 g/mol. The molecule has 0 aliphatic carbocycles. The molecule has 3 aromatic heterocycles. The van der Waals surface area contributed by atoms with E-state index in [-0.39, 0.29) is 41.5 Å². The zero-order valence-corrected chi connectivity index (χ0v) is 37.1. The normalized spacial score (nSPS) is 18.7. The lowest BCUT2D eigenvalue weighted by Gasteiger charge is -2.35. The van der Waals surface area contributed by atoms with Crippen molar-refractivity contribution in [1.82, 2.24) is 34.4 Å². The molecule has 0 radical (unpaired) electrons. The van der Waals surface area contributed by atoms with Crippen molar-refractivity contribution in [1.29, 1.82) is 0 Å². The Morgan fingerprint density at radius 3 is 2.45 bits per heavy atom. The number of aromatic nitrogens is 4. The molecular formula is C50H48F2N10O5. The summed E-state index contributed by atoms with van der Waals surface area (Å²) in [7, 11) is 1.91. The van der Waals surface area contributed by atoms with Gasteiger partial charge in [-0.1, -0.05) is 6.07 Å². The number of anilines is 5. The molecule has 17 heteroatoms. The van der Waals surface area contributed by atoms with Gasteiger partial charge in [0.05, 0.1) is 29.2 Å². The molecule has 67 heavy (non-hydrogen) atoms. The molecule has 2 saturated heterocycles. The number of hydrogen-bond acceptors (Lipinski definition) is 10. The van der Waals surface area contributed by atoms with E-state index in [1.807, 2.05) is 53.0 Å². The van der Waals surface area contributed by atoms with Gasteiger partial charge in [0.1, 0.15) is 6.04 Å². The molecule has 5 amide bonds. The van der Waals surface area contributed by atoms with Crippen LogP contribution in [0, 0.1) is 0 Å². The van der Waals surface area contributed by atoms with E-state index >= 15 is 8.78 Å². The zero-order valence-electron chi connectivity index (χ0n) is 37.1. The summed E-state index contributed by atoms with van der Waals surface area (Å²) in [5, 5.41) is 11.8. The first-order valence-corrected chi connectivity index (χ1v) is 22.9. The van der Waals surface area contributed by atoms with Crippen molar-refractivity contribution in [2.45, 2.75) is 76.9 Å². The fourth-order valence-electron chi connectivity index (χ4n) is 10.8. The minimum atomic E-state index is -2.71. The number of aryl methyl sites for hydroxylation is 2. The number of imide groups is 2. The molecule has 5 aliphatic heterocycles. The fraction of sp³-hybridized carbons (Fsp3) is 0.340. The highest BCUT2D eigenvalue weighted by atomic mass is 19.3. The molecule has 0 saturated carbocycles. The van der Waals surface area contributed by atoms with Crippen LogP contribution in [0.1, 0.15) is 94.6 Å². The van der Waals surface area contributed by atoms with Crippen LogP contribution in [0.25, 0.3) is 22.0 Å². The average Bonchev–Trinajstić information content (AvgIpc) is 3.96. The van der Waals surface area contributed by atoms with Crippen LogP contribution in [-0.4, -0.2) is 90.9 Å². The molecule has 0 bridgehead atoms. The quantitative estimate of drug-likeness (QED) is 0.148. The number of amides is 5. The van der Waals surface area contributed by atoms with E-state index in [0.717, 1.165) is 99.8 Å². The van der Waals surface area contributed by atoms with Crippen molar-refractivity contribution in [2.75, 3.05) is 41.3 Å². The molecule has 5 aliphatic rings. The van der Waals surface area contributed by atoms with Crippen LogP contribution < -0.4 is 20.4 Å². The predicted molar refractivity (Wildman–Crippen MR) is 247 cm³/mol. The molecule has 2 fully saturated rings. The van der Waals surface area contributed by atoms with Crippen LogP contribution in [0.2, 0.25) is 0 Å². The molecule has 6 aromatic rings. The van der Waals surface area contributed by atoms with Crippen LogP contribution >= 0.6 is 0 Å². The number of carbonyl (C=O) groups excluding carboxylic acids is 5. The lowest BCUT2D eigenvalue weighted by Crippen LogP contribution is -2.54. The van der Waals surface area contributed by atoms with E-state index in [0.29, 0.717) is 37.3 Å². The van der Waals surface area contributed by atoms with Gasteiger partial charge in [0.25, 0.3) is 18.2 Å². The van der Waals surface area contributed by atoms with Crippen LogP contribution in [0.15, 0.2) is 79.3 Å². The van der Waals surface area contributed by atoms with Gasteiger partial charge in [-0.25, -0.2) is 8.78 Å². The second kappa shape index (κ2) is 16.5. The number of halogens is 2. The van der Waals surface area contributed by atoms with Crippen LogP contribution in [0.4, 0.5) is 37.3 Å². The molecule has 342 valence electrons. The summed E-state index contributed by atoms with van der Waals surface area (Å²) in [6, 6.07) is 17.5. The molecule has 3 aromatic carbocycles. The van der Waals surface area contributed by atoms with Crippen molar-refractivity contribution in [2.24, 2.45) is 7.05 Å². The van der Waals surface area contributed by atoms with Crippen LogP contribution in [-0.2, 0) is 40.8 Å². The number of rotatable bonds is 8. The predicted octanol–water partition coefficient (Wildman–Crippen LogP) is 7.35. The summed E-state index contributed by atoms with van der Waals surface area (Å²) >= 11 is 0. The first-order valence-electron chi connectivity index (χ1n) is 22.9. The Morgan fingerprint density at radius 2 is 1.66 bits per heavy atom. The Morgan fingerprint density at radius 1 is 0.851 bits per heavy atom. The summed E-state index contributed by atoms with van der Waals surface area (Å²) in [6.45, 7) is 4.67. The van der Waals surface area contributed by atoms with Gasteiger partial charge in [0, 0.05) is 122 Å². The standard InChI is InChI=1S/C50H48F2N10O5/c1-28(63)59-20-15-42-40(27-59)47(60-17-4-5-29-21-35(36(46(51)52)24-44(29)60)39-26-57(2)41-12-16-53-25-38(39)41)56-62(42)32-13-18-58(19-14-32)33-7-3-6-30(22-33)54-31-8-9-34-37(23-31)50(67)61(49(34)66)43-10-11-45(64)55-48(43)65/h3,6-9,12,16,21-26,32,43,46,54H,4-5,10-11,13-15,17-20,27H2,1-2H3,(H,55,64,65). The lowest BCUT2D eigenvalue weighted by molar-refractivity contribution is -0.136. The third kappa shape index (κ3) is 7.27. The second-order valence-electron chi connectivity index (χ2n) is 18.2. The number of alkyl halides is 2. The SMILES string of the molecule is CC(=O)N1CCc2c(c(N3CCCc4cc(-c5cn(C)c6ccncc56)c(C(F)F)cc43)nn2C2CCN(c3cccc(Nc4ccc5c(c4)C(=O)N(C4CCC(=O)NC4=O)C5=O)c3)CC2)C1. The first-order chi connectivity index (χ1) is 32.4. The van der Waals surface area contributed by atoms with E-state index < -0.39 is 36.1 Å². The number of hydrogen-bond donors (Lipinski definition) is 2. The van der Waals surface area contributed by atoms with Gasteiger partial charge in [-0.2, -0.15) is 5.10 Å². The highest BCUT2D eigenvalue weighted by Crippen LogP contribution is 2.45. The maximum atomic E-state index is 15.2. The van der Waals surface area contributed by atoms with Crippen LogP contribution in [0.3, 0.4) is 0 Å². The Balaban J connectivity index is 0.835. The maximum absolute atomic E-state index is 15.2. The van der Waals surface area contributed by atoms with Crippen molar-refractivity contribution in [3.05, 3.63) is 113 Å². The smallest absolute Gasteiger partial charge is 0.264 e. The van der Waals surface area contributed by atoms with Crippen molar-refractivity contribution in [3.8, 4) is 11.1 Å². The Bertz CT molecular complexity index is 3060. The number of nitrogens with zero attached hydrogens (tertiary/aromatic N) is 8. The minimum absolute atomic E-state index is 0.0150. The van der Waals surface area contributed by atoms with E-state index in [4.69, 9.17) is 5.10 Å². The summed E-state index contributed by atoms with van der Waals surface area (Å²) in [5.74, 6) is -1.48. The number of benzene rings is 3. The summed E-state index contributed by atoms with van der Waals surface area (Å²) < 4.78 is 34.4. The van der Waals surface area contributed by atoms with Gasteiger partial charge in [-0.05, 0) is 97.8 Å². The van der Waals surface area contributed by atoms with Gasteiger partial charge in [-0.15, -0.1) is 0 Å². The monoisotopic (exact) mass is 906 g/mol. The Hall–Kier alpha value is -7.43. The molecule has 8 heterocycles. The van der Waals surface area contributed by atoms with Gasteiger partial charge in [0.15, 0.2) is 5.82 Å². The topological polar surface area (TPSA) is 158 Å². The molecule has 0 spiro atoms. The van der Waals surface area contributed by atoms with E-state index in [1.165, 1.54) is 0 Å². The lowest BCUT2D eigenvalue weighted by atomic mass is 9.91. The van der Waals surface area contributed by atoms with E-state index in [1.54, 1.807) is 43.6 Å². The maximum Gasteiger partial charge on any atom is 0.264 e. The number of fused-ring (bicyclic) bond motifs is 4.